The molecular weight excluding hydrogens is 226 g/mol. The van der Waals surface area contributed by atoms with Crippen LogP contribution in [-0.4, -0.2) is 27.0 Å². The summed E-state index contributed by atoms with van der Waals surface area (Å²) in [5, 5.41) is 11.2. The third-order valence-corrected chi connectivity index (χ3v) is 2.04. The molecule has 0 aliphatic carbocycles. The number of carbonyl (C=O) groups excluding carboxylic acids is 1. The second kappa shape index (κ2) is 4.52. The Kier molecular flexibility index (Phi) is 2.91. The molecule has 7 nitrogen and oxygen atoms in total. The maximum atomic E-state index is 11.5. The van der Waals surface area contributed by atoms with Crippen molar-refractivity contribution in [1.82, 2.24) is 15.3 Å². The predicted octanol–water partition coefficient (Wildman–Crippen LogP) is 0.631. The molecule has 7 heteroatoms. The lowest BCUT2D eigenvalue weighted by atomic mass is 10.4. The van der Waals surface area contributed by atoms with E-state index in [0.717, 1.165) is 0 Å². The Hall–Kier alpha value is -2.57. The number of carboxylic acid groups (broad SMARTS) is 1. The smallest absolute Gasteiger partial charge is 0.371 e. The molecule has 2 heterocycles. The summed E-state index contributed by atoms with van der Waals surface area (Å²) in [6.07, 6.45) is 2.78. The number of aromatic amines is 1. The molecule has 2 aromatic heterocycles. The maximum Gasteiger partial charge on any atom is 0.371 e. The number of nitrogens with zero attached hydrogens (tertiary/aromatic N) is 1. The zero-order valence-electron chi connectivity index (χ0n) is 8.64. The molecule has 2 rings (SSSR count). The number of carboxylic acids is 1. The molecule has 0 atom stereocenters. The molecule has 0 saturated heterocycles. The highest BCUT2D eigenvalue weighted by molar-refractivity contribution is 5.91. The van der Waals surface area contributed by atoms with Crippen LogP contribution in [0.2, 0.25) is 0 Å². The highest BCUT2D eigenvalue weighted by Gasteiger charge is 2.10. The van der Waals surface area contributed by atoms with Crippen LogP contribution in [0.3, 0.4) is 0 Å². The van der Waals surface area contributed by atoms with E-state index in [0.29, 0.717) is 11.5 Å². The van der Waals surface area contributed by atoms with Gasteiger partial charge in [-0.1, -0.05) is 0 Å². The van der Waals surface area contributed by atoms with Crippen LogP contribution in [0.4, 0.5) is 0 Å². The summed E-state index contributed by atoms with van der Waals surface area (Å²) in [4.78, 5) is 28.4. The molecule has 2 aromatic rings. The molecule has 0 aliphatic rings. The van der Waals surface area contributed by atoms with Gasteiger partial charge in [0.1, 0.15) is 11.5 Å². The van der Waals surface area contributed by atoms with Crippen LogP contribution in [0.25, 0.3) is 0 Å². The van der Waals surface area contributed by atoms with Crippen molar-refractivity contribution in [3.05, 3.63) is 41.9 Å². The first-order valence-corrected chi connectivity index (χ1v) is 4.75. The molecule has 3 N–H and O–H groups in total. The Morgan fingerprint density at radius 1 is 1.47 bits per heavy atom. The van der Waals surface area contributed by atoms with Gasteiger partial charge >= 0.3 is 5.97 Å². The number of H-pyrrole nitrogens is 1. The Balaban J connectivity index is 1.93. The Bertz CT molecular complexity index is 530. The number of aromatic nitrogens is 2. The number of amides is 1. The Morgan fingerprint density at radius 2 is 2.29 bits per heavy atom. The number of imidazole rings is 1. The summed E-state index contributed by atoms with van der Waals surface area (Å²) in [7, 11) is 0. The maximum absolute atomic E-state index is 11.5. The van der Waals surface area contributed by atoms with E-state index in [2.05, 4.69) is 15.3 Å². The predicted molar refractivity (Wildman–Crippen MR) is 55.4 cm³/mol. The molecule has 0 aromatic carbocycles. The highest BCUT2D eigenvalue weighted by Crippen LogP contribution is 2.07. The van der Waals surface area contributed by atoms with Crippen LogP contribution >= 0.6 is 0 Å². The van der Waals surface area contributed by atoms with Crippen molar-refractivity contribution in [3.8, 4) is 0 Å². The lowest BCUT2D eigenvalue weighted by Crippen LogP contribution is -2.22. The summed E-state index contributed by atoms with van der Waals surface area (Å²) >= 11 is 0. The highest BCUT2D eigenvalue weighted by atomic mass is 16.4. The van der Waals surface area contributed by atoms with Crippen molar-refractivity contribution in [2.24, 2.45) is 0 Å². The number of furan rings is 1. The standard InChI is InChI=1S/C10H9N3O4/c14-9(7-4-11-5-13-7)12-3-6-1-2-8(17-6)10(15)16/h1-2,4-5H,3H2,(H,11,13)(H,12,14)(H,15,16). The number of hydrogen-bond donors (Lipinski definition) is 3. The van der Waals surface area contributed by atoms with Gasteiger partial charge in [0.05, 0.1) is 19.1 Å². The van der Waals surface area contributed by atoms with E-state index in [4.69, 9.17) is 9.52 Å². The quantitative estimate of drug-likeness (QED) is 0.720. The van der Waals surface area contributed by atoms with Gasteiger partial charge in [0.15, 0.2) is 0 Å². The van der Waals surface area contributed by atoms with Crippen molar-refractivity contribution in [2.75, 3.05) is 0 Å². The molecule has 0 aliphatic heterocycles. The van der Waals surface area contributed by atoms with Crippen molar-refractivity contribution in [3.63, 3.8) is 0 Å². The average molecular weight is 235 g/mol. The minimum absolute atomic E-state index is 0.116. The van der Waals surface area contributed by atoms with Crippen LogP contribution < -0.4 is 5.32 Å². The van der Waals surface area contributed by atoms with Gasteiger partial charge in [-0.15, -0.1) is 0 Å². The summed E-state index contributed by atoms with van der Waals surface area (Å²) in [5.41, 5.74) is 0.329. The van der Waals surface area contributed by atoms with Gasteiger partial charge in [0.25, 0.3) is 5.91 Å². The summed E-state index contributed by atoms with van der Waals surface area (Å²) < 4.78 is 4.97. The number of rotatable bonds is 4. The van der Waals surface area contributed by atoms with Gasteiger partial charge in [-0.3, -0.25) is 4.79 Å². The van der Waals surface area contributed by atoms with E-state index < -0.39 is 5.97 Å². The minimum Gasteiger partial charge on any atom is -0.475 e. The minimum atomic E-state index is -1.14. The number of hydrogen-bond acceptors (Lipinski definition) is 4. The SMILES string of the molecule is O=C(NCc1ccc(C(=O)O)o1)c1cnc[nH]1. The largest absolute Gasteiger partial charge is 0.475 e. The number of carbonyl (C=O) groups is 2. The molecule has 0 saturated carbocycles. The second-order valence-electron chi connectivity index (χ2n) is 3.22. The van der Waals surface area contributed by atoms with Crippen molar-refractivity contribution in [1.29, 1.82) is 0 Å². The van der Waals surface area contributed by atoms with Gasteiger partial charge in [-0.05, 0) is 12.1 Å². The van der Waals surface area contributed by atoms with Crippen molar-refractivity contribution in [2.45, 2.75) is 6.54 Å². The number of nitrogens with one attached hydrogen (secondary N) is 2. The summed E-state index contributed by atoms with van der Waals surface area (Å²) in [6, 6.07) is 2.83. The third-order valence-electron chi connectivity index (χ3n) is 2.04. The lowest BCUT2D eigenvalue weighted by molar-refractivity contribution is 0.0660. The van der Waals surface area contributed by atoms with Crippen LogP contribution in [0.5, 0.6) is 0 Å². The molecule has 1 amide bonds. The molecule has 17 heavy (non-hydrogen) atoms. The molecule has 88 valence electrons. The van der Waals surface area contributed by atoms with Crippen LogP contribution in [0, 0.1) is 0 Å². The van der Waals surface area contributed by atoms with Crippen molar-refractivity contribution >= 4 is 11.9 Å². The lowest BCUT2D eigenvalue weighted by Gasteiger charge is -2.00. The fourth-order valence-electron chi connectivity index (χ4n) is 1.23. The first-order valence-electron chi connectivity index (χ1n) is 4.75. The van der Waals surface area contributed by atoms with E-state index in [9.17, 15) is 9.59 Å². The first-order chi connectivity index (χ1) is 8.16. The van der Waals surface area contributed by atoms with E-state index in [1.165, 1.54) is 24.7 Å². The van der Waals surface area contributed by atoms with Gasteiger partial charge in [0.2, 0.25) is 5.76 Å². The molecule has 0 spiro atoms. The molecule has 0 fully saturated rings. The first kappa shape index (κ1) is 10.9. The average Bonchev–Trinajstić information content (AvgIpc) is 2.97. The van der Waals surface area contributed by atoms with E-state index >= 15 is 0 Å². The zero-order valence-corrected chi connectivity index (χ0v) is 8.64. The van der Waals surface area contributed by atoms with Crippen molar-refractivity contribution < 1.29 is 19.1 Å². The molecule has 0 radical (unpaired) electrons. The van der Waals surface area contributed by atoms with Crippen LogP contribution in [0.15, 0.2) is 29.1 Å². The molecular formula is C10H9N3O4. The molecule has 0 bridgehead atoms. The van der Waals surface area contributed by atoms with Gasteiger partial charge in [0, 0.05) is 0 Å². The Morgan fingerprint density at radius 3 is 2.88 bits per heavy atom. The van der Waals surface area contributed by atoms with Crippen LogP contribution in [-0.2, 0) is 6.54 Å². The van der Waals surface area contributed by atoms with E-state index in [1.807, 2.05) is 0 Å². The van der Waals surface area contributed by atoms with Crippen LogP contribution in [0.1, 0.15) is 26.8 Å². The third kappa shape index (κ3) is 2.51. The van der Waals surface area contributed by atoms with Gasteiger partial charge in [-0.25, -0.2) is 9.78 Å². The van der Waals surface area contributed by atoms with E-state index in [1.54, 1.807) is 0 Å². The topological polar surface area (TPSA) is 108 Å². The second-order valence-corrected chi connectivity index (χ2v) is 3.22. The van der Waals surface area contributed by atoms with Gasteiger partial charge in [-0.2, -0.15) is 0 Å². The van der Waals surface area contributed by atoms with Gasteiger partial charge < -0.3 is 19.8 Å². The van der Waals surface area contributed by atoms with E-state index in [-0.39, 0.29) is 18.2 Å². The fraction of sp³-hybridized carbons (Fsp3) is 0.100. The normalized spacial score (nSPS) is 10.1. The zero-order chi connectivity index (χ0) is 12.3. The fourth-order valence-corrected chi connectivity index (χ4v) is 1.23. The molecule has 0 unspecified atom stereocenters. The summed E-state index contributed by atoms with van der Waals surface area (Å²) in [5.74, 6) is -1.27. The monoisotopic (exact) mass is 235 g/mol. The number of aromatic carboxylic acids is 1. The summed E-state index contributed by atoms with van der Waals surface area (Å²) in [6.45, 7) is 0.116. The Labute approximate surface area is 95.5 Å².